The molecule has 0 spiro atoms. The summed E-state index contributed by atoms with van der Waals surface area (Å²) in [5.74, 6) is -0.973. The van der Waals surface area contributed by atoms with Crippen molar-refractivity contribution in [2.75, 3.05) is 0 Å². The first-order valence-electron chi connectivity index (χ1n) is 4.58. The number of amides is 1. The van der Waals surface area contributed by atoms with Crippen LogP contribution in [0.4, 0.5) is 13.2 Å². The van der Waals surface area contributed by atoms with Gasteiger partial charge in [0.05, 0.1) is 17.2 Å². The third-order valence-electron chi connectivity index (χ3n) is 1.91. The zero-order valence-corrected chi connectivity index (χ0v) is 8.75. The molecule has 0 aliphatic carbocycles. The van der Waals surface area contributed by atoms with Gasteiger partial charge >= 0.3 is 6.18 Å². The molecule has 0 aromatic carbocycles. The van der Waals surface area contributed by atoms with E-state index in [1.165, 1.54) is 6.92 Å². The molecule has 0 saturated heterocycles. The van der Waals surface area contributed by atoms with Gasteiger partial charge in [-0.25, -0.2) is 0 Å². The predicted molar refractivity (Wildman–Crippen MR) is 51.8 cm³/mol. The van der Waals surface area contributed by atoms with E-state index in [1.54, 1.807) is 6.07 Å². The van der Waals surface area contributed by atoms with Crippen molar-refractivity contribution < 1.29 is 18.0 Å². The van der Waals surface area contributed by atoms with E-state index in [-0.39, 0.29) is 0 Å². The number of carbonyl (C=O) groups excluding carboxylic acids is 1. The van der Waals surface area contributed by atoms with Crippen molar-refractivity contribution in [2.24, 2.45) is 0 Å². The molecule has 0 bridgehead atoms. The maximum Gasteiger partial charge on any atom is 0.417 e. The van der Waals surface area contributed by atoms with Crippen molar-refractivity contribution in [1.29, 1.82) is 5.26 Å². The molecule has 0 aliphatic rings. The van der Waals surface area contributed by atoms with Crippen LogP contribution in [0, 0.1) is 11.3 Å². The van der Waals surface area contributed by atoms with Gasteiger partial charge in [0.15, 0.2) is 0 Å². The summed E-state index contributed by atoms with van der Waals surface area (Å²) in [7, 11) is 0. The Morgan fingerprint density at radius 2 is 2.24 bits per heavy atom. The minimum atomic E-state index is -4.63. The van der Waals surface area contributed by atoms with Crippen molar-refractivity contribution >= 4 is 5.91 Å². The molecule has 17 heavy (non-hydrogen) atoms. The molecule has 1 unspecified atom stereocenters. The van der Waals surface area contributed by atoms with Gasteiger partial charge in [0, 0.05) is 12.4 Å². The van der Waals surface area contributed by atoms with Crippen LogP contribution in [0.1, 0.15) is 22.8 Å². The van der Waals surface area contributed by atoms with Crippen molar-refractivity contribution in [3.05, 3.63) is 29.6 Å². The molecule has 1 aromatic heterocycles. The maximum atomic E-state index is 12.6. The largest absolute Gasteiger partial charge is 0.417 e. The molecule has 1 aromatic rings. The molecular formula is C10H8F3N3O. The molecule has 1 atom stereocenters. The molecule has 90 valence electrons. The molecule has 0 fully saturated rings. The summed E-state index contributed by atoms with van der Waals surface area (Å²) in [5.41, 5.74) is -1.67. The summed E-state index contributed by atoms with van der Waals surface area (Å²) in [6.45, 7) is 1.36. The van der Waals surface area contributed by atoms with E-state index in [4.69, 9.17) is 5.26 Å². The van der Waals surface area contributed by atoms with E-state index in [1.807, 2.05) is 0 Å². The van der Waals surface area contributed by atoms with Crippen molar-refractivity contribution in [1.82, 2.24) is 10.3 Å². The van der Waals surface area contributed by atoms with Crippen LogP contribution in [-0.4, -0.2) is 16.9 Å². The highest BCUT2D eigenvalue weighted by atomic mass is 19.4. The second kappa shape index (κ2) is 4.82. The molecule has 0 aliphatic heterocycles. The number of halogens is 3. The molecule has 4 nitrogen and oxygen atoms in total. The second-order valence-electron chi connectivity index (χ2n) is 3.24. The van der Waals surface area contributed by atoms with E-state index in [2.05, 4.69) is 10.3 Å². The molecule has 0 saturated carbocycles. The number of aromatic nitrogens is 1. The normalized spacial score (nSPS) is 12.6. The molecular weight excluding hydrogens is 235 g/mol. The van der Waals surface area contributed by atoms with Gasteiger partial charge in [0.1, 0.15) is 6.04 Å². The van der Waals surface area contributed by atoms with Crippen LogP contribution in [0.5, 0.6) is 0 Å². The lowest BCUT2D eigenvalue weighted by Crippen LogP contribution is -2.32. The number of nitrogens with one attached hydrogen (secondary N) is 1. The summed E-state index contributed by atoms with van der Waals surface area (Å²) in [6, 6.07) is 1.53. The predicted octanol–water partition coefficient (Wildman–Crippen LogP) is 1.74. The molecule has 1 N–H and O–H groups in total. The smallest absolute Gasteiger partial charge is 0.336 e. The highest BCUT2D eigenvalue weighted by molar-refractivity contribution is 5.95. The first-order chi connectivity index (χ1) is 7.86. The Balaban J connectivity index is 3.07. The highest BCUT2D eigenvalue weighted by Gasteiger charge is 2.35. The standard InChI is InChI=1S/C10H8F3N3O/c1-6(4-14)16-9(17)7-5-15-3-2-8(7)10(11,12)13/h2-3,5-6H,1H3,(H,16,17). The van der Waals surface area contributed by atoms with E-state index >= 15 is 0 Å². The Morgan fingerprint density at radius 1 is 1.59 bits per heavy atom. The fourth-order valence-corrected chi connectivity index (χ4v) is 1.13. The Kier molecular flexibility index (Phi) is 3.68. The molecule has 1 amide bonds. The number of hydrogen-bond donors (Lipinski definition) is 1. The number of nitriles is 1. The molecule has 1 heterocycles. The van der Waals surface area contributed by atoms with Crippen LogP contribution in [0.15, 0.2) is 18.5 Å². The Labute approximate surface area is 95.1 Å². The zero-order chi connectivity index (χ0) is 13.1. The zero-order valence-electron chi connectivity index (χ0n) is 8.75. The van der Waals surface area contributed by atoms with Crippen LogP contribution < -0.4 is 5.32 Å². The average molecular weight is 243 g/mol. The van der Waals surface area contributed by atoms with Gasteiger partial charge in [-0.15, -0.1) is 0 Å². The van der Waals surface area contributed by atoms with E-state index < -0.39 is 29.3 Å². The van der Waals surface area contributed by atoms with Gasteiger partial charge in [0.25, 0.3) is 5.91 Å². The molecule has 7 heteroatoms. The van der Waals surface area contributed by atoms with Gasteiger partial charge in [-0.2, -0.15) is 18.4 Å². The minimum absolute atomic E-state index is 0.595. The first kappa shape index (κ1) is 13.0. The van der Waals surface area contributed by atoms with Crippen LogP contribution in [0.25, 0.3) is 0 Å². The average Bonchev–Trinajstić information content (AvgIpc) is 2.27. The van der Waals surface area contributed by atoms with Crippen molar-refractivity contribution in [3.8, 4) is 6.07 Å². The van der Waals surface area contributed by atoms with Crippen LogP contribution in [0.2, 0.25) is 0 Å². The highest BCUT2D eigenvalue weighted by Crippen LogP contribution is 2.31. The van der Waals surface area contributed by atoms with E-state index in [0.717, 1.165) is 12.4 Å². The maximum absolute atomic E-state index is 12.6. The third kappa shape index (κ3) is 3.17. The number of pyridine rings is 1. The first-order valence-corrected chi connectivity index (χ1v) is 4.58. The Morgan fingerprint density at radius 3 is 2.76 bits per heavy atom. The number of rotatable bonds is 2. The van der Waals surface area contributed by atoms with E-state index in [0.29, 0.717) is 6.07 Å². The van der Waals surface area contributed by atoms with E-state index in [9.17, 15) is 18.0 Å². The topological polar surface area (TPSA) is 65.8 Å². The summed E-state index contributed by atoms with van der Waals surface area (Å²) < 4.78 is 37.7. The van der Waals surface area contributed by atoms with Crippen LogP contribution >= 0.6 is 0 Å². The van der Waals surface area contributed by atoms with Gasteiger partial charge < -0.3 is 5.32 Å². The van der Waals surface area contributed by atoms with Gasteiger partial charge in [-0.05, 0) is 13.0 Å². The summed E-state index contributed by atoms with van der Waals surface area (Å²) >= 11 is 0. The molecule has 1 rings (SSSR count). The van der Waals surface area contributed by atoms with Gasteiger partial charge in [-0.3, -0.25) is 9.78 Å². The number of alkyl halides is 3. The Hall–Kier alpha value is -2.10. The fourth-order valence-electron chi connectivity index (χ4n) is 1.13. The van der Waals surface area contributed by atoms with Gasteiger partial charge in [0.2, 0.25) is 0 Å². The lowest BCUT2D eigenvalue weighted by atomic mass is 10.1. The van der Waals surface area contributed by atoms with Crippen LogP contribution in [-0.2, 0) is 6.18 Å². The fraction of sp³-hybridized carbons (Fsp3) is 0.300. The second-order valence-corrected chi connectivity index (χ2v) is 3.24. The lowest BCUT2D eigenvalue weighted by Gasteiger charge is -2.12. The lowest BCUT2D eigenvalue weighted by molar-refractivity contribution is -0.138. The monoisotopic (exact) mass is 243 g/mol. The minimum Gasteiger partial charge on any atom is -0.336 e. The van der Waals surface area contributed by atoms with Crippen LogP contribution in [0.3, 0.4) is 0 Å². The third-order valence-corrected chi connectivity index (χ3v) is 1.91. The SMILES string of the molecule is CC(C#N)NC(=O)c1cnccc1C(F)(F)F. The summed E-state index contributed by atoms with van der Waals surface area (Å²) in [6.07, 6.45) is -2.86. The van der Waals surface area contributed by atoms with Crippen molar-refractivity contribution in [3.63, 3.8) is 0 Å². The number of carbonyl (C=O) groups is 1. The Bertz CT molecular complexity index is 465. The summed E-state index contributed by atoms with van der Waals surface area (Å²) in [4.78, 5) is 14.9. The van der Waals surface area contributed by atoms with Gasteiger partial charge in [-0.1, -0.05) is 0 Å². The number of hydrogen-bond acceptors (Lipinski definition) is 3. The molecule has 0 radical (unpaired) electrons. The number of nitrogens with zero attached hydrogens (tertiary/aromatic N) is 2. The van der Waals surface area contributed by atoms with Crippen molar-refractivity contribution in [2.45, 2.75) is 19.1 Å². The summed E-state index contributed by atoms with van der Waals surface area (Å²) in [5, 5.41) is 10.6. The quantitative estimate of drug-likeness (QED) is 0.860.